The van der Waals surface area contributed by atoms with Crippen molar-refractivity contribution in [1.82, 2.24) is 15.5 Å². The molecule has 0 spiro atoms. The monoisotopic (exact) mass is 323 g/mol. The Hall–Kier alpha value is -2.40. The van der Waals surface area contributed by atoms with E-state index in [-0.39, 0.29) is 5.91 Å². The second kappa shape index (κ2) is 7.74. The number of thioether (sulfide) groups is 1. The molecule has 0 saturated carbocycles. The first-order valence-electron chi connectivity index (χ1n) is 7.47. The molecule has 4 nitrogen and oxygen atoms in total. The first-order valence-corrected chi connectivity index (χ1v) is 8.45. The number of benzene rings is 2. The molecule has 1 amide bonds. The summed E-state index contributed by atoms with van der Waals surface area (Å²) in [6, 6.07) is 18.1. The van der Waals surface area contributed by atoms with Gasteiger partial charge in [0.05, 0.1) is 11.9 Å². The molecule has 3 aromatic rings. The molecule has 0 aliphatic rings. The maximum Gasteiger partial charge on any atom is 0.230 e. The van der Waals surface area contributed by atoms with E-state index >= 15 is 0 Å². The van der Waals surface area contributed by atoms with Gasteiger partial charge in [0.25, 0.3) is 0 Å². The summed E-state index contributed by atoms with van der Waals surface area (Å²) in [7, 11) is 0. The minimum Gasteiger partial charge on any atom is -0.355 e. The quantitative estimate of drug-likeness (QED) is 0.708. The third kappa shape index (κ3) is 4.29. The highest BCUT2D eigenvalue weighted by Gasteiger charge is 2.07. The van der Waals surface area contributed by atoms with Gasteiger partial charge in [0.15, 0.2) is 0 Å². The van der Waals surface area contributed by atoms with Crippen LogP contribution in [-0.4, -0.2) is 28.4 Å². The Bertz CT molecular complexity index is 787. The summed E-state index contributed by atoms with van der Waals surface area (Å²) in [5, 5.41) is 13.9. The van der Waals surface area contributed by atoms with E-state index in [0.717, 1.165) is 22.2 Å². The van der Waals surface area contributed by atoms with Crippen molar-refractivity contribution in [1.29, 1.82) is 0 Å². The van der Waals surface area contributed by atoms with Crippen LogP contribution in [0.25, 0.3) is 10.8 Å². The molecule has 0 atom stereocenters. The molecular formula is C18H17N3OS. The second-order valence-corrected chi connectivity index (χ2v) is 6.08. The van der Waals surface area contributed by atoms with Crippen LogP contribution in [0.15, 0.2) is 65.8 Å². The SMILES string of the molecule is O=C(CSc1nncc2ccccc12)NCCc1ccccc1. The minimum atomic E-state index is 0.0145. The number of fused-ring (bicyclic) bond motifs is 1. The molecule has 0 radical (unpaired) electrons. The van der Waals surface area contributed by atoms with Crippen LogP contribution in [0, 0.1) is 0 Å². The van der Waals surface area contributed by atoms with Crippen LogP contribution in [0.1, 0.15) is 5.56 Å². The molecule has 3 rings (SSSR count). The van der Waals surface area contributed by atoms with E-state index in [2.05, 4.69) is 27.6 Å². The Kier molecular flexibility index (Phi) is 5.21. The molecular weight excluding hydrogens is 306 g/mol. The normalized spacial score (nSPS) is 10.6. The Morgan fingerprint density at radius 2 is 1.83 bits per heavy atom. The van der Waals surface area contributed by atoms with Gasteiger partial charge in [0.1, 0.15) is 5.03 Å². The lowest BCUT2D eigenvalue weighted by Gasteiger charge is -2.06. The topological polar surface area (TPSA) is 54.9 Å². The molecule has 0 fully saturated rings. The molecule has 2 aromatic carbocycles. The van der Waals surface area contributed by atoms with E-state index in [9.17, 15) is 4.79 Å². The number of nitrogens with zero attached hydrogens (tertiary/aromatic N) is 2. The van der Waals surface area contributed by atoms with Gasteiger partial charge in [-0.25, -0.2) is 0 Å². The van der Waals surface area contributed by atoms with E-state index in [0.29, 0.717) is 12.3 Å². The van der Waals surface area contributed by atoms with E-state index in [1.54, 1.807) is 6.20 Å². The summed E-state index contributed by atoms with van der Waals surface area (Å²) < 4.78 is 0. The van der Waals surface area contributed by atoms with Crippen molar-refractivity contribution in [2.45, 2.75) is 11.4 Å². The van der Waals surface area contributed by atoms with Crippen LogP contribution in [0.4, 0.5) is 0 Å². The van der Waals surface area contributed by atoms with E-state index in [1.165, 1.54) is 17.3 Å². The molecule has 1 aromatic heterocycles. The minimum absolute atomic E-state index is 0.0145. The summed E-state index contributed by atoms with van der Waals surface area (Å²) in [6.07, 6.45) is 2.57. The van der Waals surface area contributed by atoms with Crippen molar-refractivity contribution >= 4 is 28.4 Å². The Labute approximate surface area is 139 Å². The van der Waals surface area contributed by atoms with Crippen molar-refractivity contribution in [3.05, 3.63) is 66.4 Å². The number of rotatable bonds is 6. The van der Waals surface area contributed by atoms with Crippen LogP contribution in [-0.2, 0) is 11.2 Å². The van der Waals surface area contributed by atoms with Crippen LogP contribution < -0.4 is 5.32 Å². The highest BCUT2D eigenvalue weighted by Crippen LogP contribution is 2.24. The second-order valence-electron chi connectivity index (χ2n) is 5.11. The van der Waals surface area contributed by atoms with Gasteiger partial charge in [0.2, 0.25) is 5.91 Å². The molecule has 5 heteroatoms. The van der Waals surface area contributed by atoms with Gasteiger partial charge < -0.3 is 5.32 Å². The molecule has 0 saturated heterocycles. The predicted octanol–water partition coefficient (Wildman–Crippen LogP) is 3.08. The first kappa shape index (κ1) is 15.5. The zero-order chi connectivity index (χ0) is 15.9. The molecule has 0 aliphatic carbocycles. The highest BCUT2D eigenvalue weighted by atomic mass is 32.2. The third-order valence-corrected chi connectivity index (χ3v) is 4.44. The van der Waals surface area contributed by atoms with Crippen LogP contribution in [0.3, 0.4) is 0 Å². The fourth-order valence-electron chi connectivity index (χ4n) is 2.28. The number of carbonyl (C=O) groups excluding carboxylic acids is 1. The lowest BCUT2D eigenvalue weighted by atomic mass is 10.1. The van der Waals surface area contributed by atoms with Crippen molar-refractivity contribution in [2.75, 3.05) is 12.3 Å². The smallest absolute Gasteiger partial charge is 0.230 e. The van der Waals surface area contributed by atoms with Crippen molar-refractivity contribution in [3.63, 3.8) is 0 Å². The van der Waals surface area contributed by atoms with Gasteiger partial charge in [0, 0.05) is 17.3 Å². The van der Waals surface area contributed by atoms with Gasteiger partial charge in [-0.3, -0.25) is 4.79 Å². The van der Waals surface area contributed by atoms with Crippen LogP contribution in [0.5, 0.6) is 0 Å². The number of nitrogens with one attached hydrogen (secondary N) is 1. The summed E-state index contributed by atoms with van der Waals surface area (Å²) in [5.41, 5.74) is 1.22. The number of hydrogen-bond donors (Lipinski definition) is 1. The lowest BCUT2D eigenvalue weighted by Crippen LogP contribution is -2.27. The Balaban J connectivity index is 1.50. The van der Waals surface area contributed by atoms with Crippen molar-refractivity contribution in [3.8, 4) is 0 Å². The highest BCUT2D eigenvalue weighted by molar-refractivity contribution is 8.00. The molecule has 0 bridgehead atoms. The van der Waals surface area contributed by atoms with Gasteiger partial charge in [-0.15, -0.1) is 5.10 Å². The van der Waals surface area contributed by atoms with E-state index in [1.807, 2.05) is 42.5 Å². The maximum absolute atomic E-state index is 12.0. The average Bonchev–Trinajstić information content (AvgIpc) is 2.61. The Morgan fingerprint density at radius 3 is 2.70 bits per heavy atom. The van der Waals surface area contributed by atoms with Crippen molar-refractivity contribution in [2.24, 2.45) is 0 Å². The number of hydrogen-bond acceptors (Lipinski definition) is 4. The van der Waals surface area contributed by atoms with Crippen molar-refractivity contribution < 1.29 is 4.79 Å². The molecule has 0 unspecified atom stereocenters. The Morgan fingerprint density at radius 1 is 1.04 bits per heavy atom. The zero-order valence-electron chi connectivity index (χ0n) is 12.6. The summed E-state index contributed by atoms with van der Waals surface area (Å²) in [4.78, 5) is 12.0. The molecule has 0 aliphatic heterocycles. The summed E-state index contributed by atoms with van der Waals surface area (Å²) in [5.74, 6) is 0.359. The lowest BCUT2D eigenvalue weighted by molar-refractivity contribution is -0.118. The number of carbonyl (C=O) groups is 1. The van der Waals surface area contributed by atoms with Crippen LogP contribution >= 0.6 is 11.8 Å². The van der Waals surface area contributed by atoms with Gasteiger partial charge in [-0.05, 0) is 12.0 Å². The van der Waals surface area contributed by atoms with E-state index < -0.39 is 0 Å². The average molecular weight is 323 g/mol. The van der Waals surface area contributed by atoms with Gasteiger partial charge >= 0.3 is 0 Å². The van der Waals surface area contributed by atoms with Crippen LogP contribution in [0.2, 0.25) is 0 Å². The maximum atomic E-state index is 12.0. The summed E-state index contributed by atoms with van der Waals surface area (Å²) >= 11 is 1.42. The first-order chi connectivity index (χ1) is 11.3. The molecule has 1 N–H and O–H groups in total. The standard InChI is InChI=1S/C18H17N3OS/c22-17(19-11-10-14-6-2-1-3-7-14)13-23-18-16-9-5-4-8-15(16)12-20-21-18/h1-9,12H,10-11,13H2,(H,19,22). The predicted molar refractivity (Wildman–Crippen MR) is 93.4 cm³/mol. The number of aromatic nitrogens is 2. The van der Waals surface area contributed by atoms with Gasteiger partial charge in [-0.1, -0.05) is 66.4 Å². The molecule has 1 heterocycles. The third-order valence-electron chi connectivity index (χ3n) is 3.46. The fraction of sp³-hybridized carbons (Fsp3) is 0.167. The fourth-order valence-corrected chi connectivity index (χ4v) is 3.10. The molecule has 116 valence electrons. The van der Waals surface area contributed by atoms with E-state index in [4.69, 9.17) is 0 Å². The largest absolute Gasteiger partial charge is 0.355 e. The zero-order valence-corrected chi connectivity index (χ0v) is 13.4. The number of amides is 1. The molecule has 23 heavy (non-hydrogen) atoms. The summed E-state index contributed by atoms with van der Waals surface area (Å²) in [6.45, 7) is 0.643. The van der Waals surface area contributed by atoms with Gasteiger partial charge in [-0.2, -0.15) is 5.10 Å².